The predicted octanol–water partition coefficient (Wildman–Crippen LogP) is 3.73. The number of hydrogen-bond donors (Lipinski definition) is 0. The standard InChI is InChI=1S/C11H13F3O/c1-6-3-4-8-7(2)10(11(12,13)14)15-9(8)5-6/h6H,3-5H2,1-2H3. The molecule has 1 aromatic heterocycles. The fraction of sp³-hybridized carbons (Fsp3) is 0.636. The molecule has 0 bridgehead atoms. The van der Waals surface area contributed by atoms with Gasteiger partial charge in [0.05, 0.1) is 0 Å². The summed E-state index contributed by atoms with van der Waals surface area (Å²) >= 11 is 0. The second kappa shape index (κ2) is 3.29. The third-order valence-corrected chi connectivity index (χ3v) is 3.03. The molecule has 0 amide bonds. The molecule has 0 spiro atoms. The smallest absolute Gasteiger partial charge is 0.449 e. The van der Waals surface area contributed by atoms with E-state index in [0.717, 1.165) is 12.0 Å². The molecule has 1 aliphatic rings. The van der Waals surface area contributed by atoms with Crippen molar-refractivity contribution < 1.29 is 17.6 Å². The highest BCUT2D eigenvalue weighted by atomic mass is 19.4. The second-order valence-electron chi connectivity index (χ2n) is 4.30. The lowest BCUT2D eigenvalue weighted by atomic mass is 9.88. The van der Waals surface area contributed by atoms with Gasteiger partial charge in [-0.25, -0.2) is 0 Å². The molecule has 1 atom stereocenters. The molecule has 0 fully saturated rings. The van der Waals surface area contributed by atoms with E-state index < -0.39 is 11.9 Å². The quantitative estimate of drug-likeness (QED) is 0.646. The Morgan fingerprint density at radius 1 is 1.33 bits per heavy atom. The summed E-state index contributed by atoms with van der Waals surface area (Å²) in [4.78, 5) is 0. The molecule has 0 saturated heterocycles. The Morgan fingerprint density at radius 2 is 2.00 bits per heavy atom. The molecule has 0 N–H and O–H groups in total. The zero-order chi connectivity index (χ0) is 11.2. The lowest BCUT2D eigenvalue weighted by Crippen LogP contribution is -2.09. The van der Waals surface area contributed by atoms with Gasteiger partial charge in [-0.15, -0.1) is 0 Å². The van der Waals surface area contributed by atoms with Crippen LogP contribution in [0.2, 0.25) is 0 Å². The van der Waals surface area contributed by atoms with Gasteiger partial charge in [-0.2, -0.15) is 13.2 Å². The number of fused-ring (bicyclic) bond motifs is 1. The van der Waals surface area contributed by atoms with Crippen molar-refractivity contribution in [1.82, 2.24) is 0 Å². The van der Waals surface area contributed by atoms with Crippen LogP contribution in [0.4, 0.5) is 13.2 Å². The summed E-state index contributed by atoms with van der Waals surface area (Å²) in [7, 11) is 0. The van der Waals surface area contributed by atoms with E-state index in [-0.39, 0.29) is 5.56 Å². The van der Waals surface area contributed by atoms with E-state index in [2.05, 4.69) is 0 Å². The Morgan fingerprint density at radius 3 is 2.60 bits per heavy atom. The highest BCUT2D eigenvalue weighted by Crippen LogP contribution is 2.39. The van der Waals surface area contributed by atoms with Crippen molar-refractivity contribution in [3.8, 4) is 0 Å². The third kappa shape index (κ3) is 1.77. The number of hydrogen-bond acceptors (Lipinski definition) is 1. The number of rotatable bonds is 0. The first-order valence-electron chi connectivity index (χ1n) is 5.08. The molecule has 84 valence electrons. The van der Waals surface area contributed by atoms with Gasteiger partial charge in [0.2, 0.25) is 5.76 Å². The number of alkyl halides is 3. The normalized spacial score (nSPS) is 21.5. The SMILES string of the molecule is Cc1c(C(F)(F)F)oc2c1CCC(C)C2. The van der Waals surface area contributed by atoms with Gasteiger partial charge in [0.25, 0.3) is 0 Å². The van der Waals surface area contributed by atoms with Gasteiger partial charge in [0.1, 0.15) is 5.76 Å². The van der Waals surface area contributed by atoms with Crippen LogP contribution in [0.15, 0.2) is 4.42 Å². The number of furan rings is 1. The van der Waals surface area contributed by atoms with Crippen LogP contribution in [-0.4, -0.2) is 0 Å². The first-order valence-corrected chi connectivity index (χ1v) is 5.08. The summed E-state index contributed by atoms with van der Waals surface area (Å²) in [6.45, 7) is 3.54. The first-order chi connectivity index (χ1) is 6.89. The summed E-state index contributed by atoms with van der Waals surface area (Å²) < 4.78 is 42.6. The third-order valence-electron chi connectivity index (χ3n) is 3.03. The molecule has 1 nitrogen and oxygen atoms in total. The minimum absolute atomic E-state index is 0.282. The molecule has 15 heavy (non-hydrogen) atoms. The van der Waals surface area contributed by atoms with Crippen molar-refractivity contribution in [3.05, 3.63) is 22.6 Å². The molecule has 4 heteroatoms. The van der Waals surface area contributed by atoms with Crippen LogP contribution >= 0.6 is 0 Å². The van der Waals surface area contributed by atoms with Crippen LogP contribution in [0.5, 0.6) is 0 Å². The van der Waals surface area contributed by atoms with Crippen molar-refractivity contribution in [2.75, 3.05) is 0 Å². The van der Waals surface area contributed by atoms with E-state index in [1.807, 2.05) is 6.92 Å². The summed E-state index contributed by atoms with van der Waals surface area (Å²) in [6.07, 6.45) is -2.07. The van der Waals surface area contributed by atoms with Gasteiger partial charge in [-0.3, -0.25) is 0 Å². The van der Waals surface area contributed by atoms with E-state index in [0.29, 0.717) is 24.5 Å². The van der Waals surface area contributed by atoms with Gasteiger partial charge in [0.15, 0.2) is 0 Å². The van der Waals surface area contributed by atoms with E-state index in [4.69, 9.17) is 4.42 Å². The molecular weight excluding hydrogens is 205 g/mol. The van der Waals surface area contributed by atoms with Crippen LogP contribution in [0.1, 0.15) is 36.0 Å². The van der Waals surface area contributed by atoms with Crippen molar-refractivity contribution in [2.24, 2.45) is 5.92 Å². The van der Waals surface area contributed by atoms with Crippen molar-refractivity contribution in [3.63, 3.8) is 0 Å². The van der Waals surface area contributed by atoms with Gasteiger partial charge < -0.3 is 4.42 Å². The number of halogens is 3. The molecule has 0 saturated carbocycles. The van der Waals surface area contributed by atoms with Crippen molar-refractivity contribution >= 4 is 0 Å². The summed E-state index contributed by atoms with van der Waals surface area (Å²) in [6, 6.07) is 0. The zero-order valence-corrected chi connectivity index (χ0v) is 8.74. The predicted molar refractivity (Wildman–Crippen MR) is 49.6 cm³/mol. The molecule has 0 aromatic carbocycles. The Bertz CT molecular complexity index is 376. The van der Waals surface area contributed by atoms with Crippen LogP contribution < -0.4 is 0 Å². The monoisotopic (exact) mass is 218 g/mol. The molecule has 0 aliphatic heterocycles. The molecule has 1 heterocycles. The van der Waals surface area contributed by atoms with Crippen LogP contribution in [0.3, 0.4) is 0 Å². The van der Waals surface area contributed by atoms with Crippen LogP contribution in [0, 0.1) is 12.8 Å². The Labute approximate surface area is 86.3 Å². The topological polar surface area (TPSA) is 13.1 Å². The zero-order valence-electron chi connectivity index (χ0n) is 8.74. The molecule has 2 rings (SSSR count). The summed E-state index contributed by atoms with van der Waals surface area (Å²) in [5, 5.41) is 0. The molecule has 0 radical (unpaired) electrons. The fourth-order valence-corrected chi connectivity index (χ4v) is 2.18. The molecule has 1 aromatic rings. The molecule has 1 aliphatic carbocycles. The molecule has 1 unspecified atom stereocenters. The minimum atomic E-state index is -4.36. The fourth-order valence-electron chi connectivity index (χ4n) is 2.18. The Kier molecular flexibility index (Phi) is 2.32. The molecular formula is C11H13F3O. The highest BCUT2D eigenvalue weighted by molar-refractivity contribution is 5.35. The van der Waals surface area contributed by atoms with Crippen LogP contribution in [-0.2, 0) is 19.0 Å². The minimum Gasteiger partial charge on any atom is -0.456 e. The van der Waals surface area contributed by atoms with E-state index in [9.17, 15) is 13.2 Å². The van der Waals surface area contributed by atoms with Gasteiger partial charge in [-0.05, 0) is 31.2 Å². The van der Waals surface area contributed by atoms with Crippen LogP contribution in [0.25, 0.3) is 0 Å². The van der Waals surface area contributed by atoms with E-state index >= 15 is 0 Å². The Hall–Kier alpha value is -0.930. The van der Waals surface area contributed by atoms with Crippen molar-refractivity contribution in [1.29, 1.82) is 0 Å². The maximum atomic E-state index is 12.5. The van der Waals surface area contributed by atoms with Gasteiger partial charge >= 0.3 is 6.18 Å². The summed E-state index contributed by atoms with van der Waals surface area (Å²) in [5.41, 5.74) is 1.06. The second-order valence-corrected chi connectivity index (χ2v) is 4.30. The van der Waals surface area contributed by atoms with Gasteiger partial charge in [-0.1, -0.05) is 6.92 Å². The maximum Gasteiger partial charge on any atom is 0.449 e. The lowest BCUT2D eigenvalue weighted by molar-refractivity contribution is -0.154. The first kappa shape index (κ1) is 10.6. The maximum absolute atomic E-state index is 12.5. The Balaban J connectivity index is 2.45. The van der Waals surface area contributed by atoms with E-state index in [1.165, 1.54) is 6.92 Å². The average molecular weight is 218 g/mol. The van der Waals surface area contributed by atoms with Crippen molar-refractivity contribution in [2.45, 2.75) is 39.3 Å². The largest absolute Gasteiger partial charge is 0.456 e. The average Bonchev–Trinajstić information content (AvgIpc) is 2.42. The summed E-state index contributed by atoms with van der Waals surface area (Å²) in [5.74, 6) is 0.157. The van der Waals surface area contributed by atoms with E-state index in [1.54, 1.807) is 0 Å². The highest BCUT2D eigenvalue weighted by Gasteiger charge is 2.39. The van der Waals surface area contributed by atoms with Gasteiger partial charge in [0, 0.05) is 12.0 Å². The lowest BCUT2D eigenvalue weighted by Gasteiger charge is -2.16.